The van der Waals surface area contributed by atoms with Crippen LogP contribution in [0.3, 0.4) is 0 Å². The first-order valence-corrected chi connectivity index (χ1v) is 21.4. The van der Waals surface area contributed by atoms with Gasteiger partial charge in [0.05, 0.1) is 18.1 Å². The quantitative estimate of drug-likeness (QED) is 0.0485. The summed E-state index contributed by atoms with van der Waals surface area (Å²) >= 11 is 0. The number of nitrogens with two attached hydrogens (primary N) is 4. The molecule has 61 heavy (non-hydrogen) atoms. The molecule has 7 atom stereocenters. The Bertz CT molecular complexity index is 1650. The van der Waals surface area contributed by atoms with Gasteiger partial charge in [0, 0.05) is 55.8 Å². The molecule has 0 unspecified atom stereocenters. The van der Waals surface area contributed by atoms with E-state index in [1.165, 1.54) is 19.1 Å². The van der Waals surface area contributed by atoms with Gasteiger partial charge in [-0.2, -0.15) is 0 Å². The SMILES string of the molecule is CC(C)C[C@H](CC(=O)[C@H](CC(C)C)NC(=O)[C@H](CCCCN)CC(=O)[C@H](C)NC(=O)[C@@H](CC(=O)[C@H](CCC(N)=O)NC(=O)[C@@H](C)CCC(N)=O)Cc1ccc(O)cc1)C(N)=O. The number of hydrogen-bond donors (Lipinski definition) is 8. The Morgan fingerprint density at radius 2 is 1.08 bits per heavy atom. The summed E-state index contributed by atoms with van der Waals surface area (Å²) in [6.45, 7) is 11.0. The standard InChI is InChI=1S/C44H71N7O10/c1-25(2)19-31(41(48)58)23-38(55)35(20-26(3)4)51-43(60)30(9-7-8-18-45)22-36(53)28(6)49-44(61)32(21-29-11-13-33(52)14-12-29)24-37(54)34(15-17-40(47)57)50-42(59)27(5)10-16-39(46)56/h11-14,25-28,30-32,34-35,52H,7-10,15-24,45H2,1-6H3,(H2,46,56)(H2,47,57)(H2,48,58)(H,49,61)(H,50,59)(H,51,60)/t27-,28-,30+,31+,32+,34-,35-/m0/s1. The van der Waals surface area contributed by atoms with E-state index in [4.69, 9.17) is 22.9 Å². The van der Waals surface area contributed by atoms with Crippen LogP contribution in [0.25, 0.3) is 0 Å². The summed E-state index contributed by atoms with van der Waals surface area (Å²) in [7, 11) is 0. The highest BCUT2D eigenvalue weighted by molar-refractivity contribution is 5.97. The van der Waals surface area contributed by atoms with E-state index < -0.39 is 95.2 Å². The third-order valence-electron chi connectivity index (χ3n) is 10.6. The smallest absolute Gasteiger partial charge is 0.224 e. The number of aromatic hydroxyl groups is 1. The molecule has 342 valence electrons. The Morgan fingerprint density at radius 3 is 1.62 bits per heavy atom. The number of ketones is 3. The lowest BCUT2D eigenvalue weighted by Gasteiger charge is -2.26. The second-order valence-corrected chi connectivity index (χ2v) is 17.2. The molecule has 17 heteroatoms. The van der Waals surface area contributed by atoms with Gasteiger partial charge in [0.15, 0.2) is 17.3 Å². The summed E-state index contributed by atoms with van der Waals surface area (Å²) in [5.74, 6) is -8.31. The van der Waals surface area contributed by atoms with Crippen molar-refractivity contribution in [3.8, 4) is 5.75 Å². The first-order chi connectivity index (χ1) is 28.5. The van der Waals surface area contributed by atoms with Crippen molar-refractivity contribution in [2.75, 3.05) is 6.54 Å². The summed E-state index contributed by atoms with van der Waals surface area (Å²) in [5, 5.41) is 18.0. The second kappa shape index (κ2) is 27.6. The lowest BCUT2D eigenvalue weighted by Crippen LogP contribution is -2.48. The minimum absolute atomic E-state index is 0.00637. The van der Waals surface area contributed by atoms with E-state index >= 15 is 0 Å². The fourth-order valence-corrected chi connectivity index (χ4v) is 6.94. The fourth-order valence-electron chi connectivity index (χ4n) is 6.94. The highest BCUT2D eigenvalue weighted by atomic mass is 16.3. The van der Waals surface area contributed by atoms with Crippen molar-refractivity contribution in [3.05, 3.63) is 29.8 Å². The number of nitrogens with one attached hydrogen (secondary N) is 3. The van der Waals surface area contributed by atoms with Gasteiger partial charge in [0.1, 0.15) is 5.75 Å². The summed E-state index contributed by atoms with van der Waals surface area (Å²) < 4.78 is 0. The largest absolute Gasteiger partial charge is 0.508 e. The maximum atomic E-state index is 14.0. The molecular weight excluding hydrogens is 787 g/mol. The normalized spacial score (nSPS) is 14.8. The van der Waals surface area contributed by atoms with Crippen LogP contribution in [-0.2, 0) is 49.6 Å². The molecule has 0 bridgehead atoms. The Balaban J connectivity index is 3.33. The minimum atomic E-state index is -1.21. The molecule has 0 saturated heterocycles. The van der Waals surface area contributed by atoms with Crippen LogP contribution >= 0.6 is 0 Å². The summed E-state index contributed by atoms with van der Waals surface area (Å²) in [4.78, 5) is 117. The molecule has 12 N–H and O–H groups in total. The maximum Gasteiger partial charge on any atom is 0.224 e. The third-order valence-corrected chi connectivity index (χ3v) is 10.6. The lowest BCUT2D eigenvalue weighted by molar-refractivity contribution is -0.135. The molecule has 0 aliphatic heterocycles. The number of unbranched alkanes of at least 4 members (excludes halogenated alkanes) is 1. The van der Waals surface area contributed by atoms with Gasteiger partial charge in [-0.05, 0) is 87.9 Å². The summed E-state index contributed by atoms with van der Waals surface area (Å²) in [5.41, 5.74) is 22.5. The number of phenolic OH excluding ortho intramolecular Hbond substituents is 1. The lowest BCUT2D eigenvalue weighted by atomic mass is 9.87. The number of carbonyl (C=O) groups excluding carboxylic acids is 9. The molecule has 0 fully saturated rings. The number of phenols is 1. The highest BCUT2D eigenvalue weighted by Crippen LogP contribution is 2.22. The van der Waals surface area contributed by atoms with Crippen molar-refractivity contribution in [2.45, 2.75) is 143 Å². The van der Waals surface area contributed by atoms with Crippen LogP contribution in [0.15, 0.2) is 24.3 Å². The monoisotopic (exact) mass is 858 g/mol. The van der Waals surface area contributed by atoms with Crippen LogP contribution in [0.2, 0.25) is 0 Å². The minimum Gasteiger partial charge on any atom is -0.508 e. The van der Waals surface area contributed by atoms with Crippen LogP contribution in [0.4, 0.5) is 0 Å². The summed E-state index contributed by atoms with van der Waals surface area (Å²) in [6, 6.07) is 2.73. The molecule has 6 amide bonds. The first kappa shape index (κ1) is 53.8. The maximum absolute atomic E-state index is 14.0. The average molecular weight is 858 g/mol. The molecule has 0 aliphatic rings. The number of rotatable bonds is 32. The van der Waals surface area contributed by atoms with E-state index in [0.29, 0.717) is 37.8 Å². The Kier molecular flexibility index (Phi) is 24.4. The highest BCUT2D eigenvalue weighted by Gasteiger charge is 2.34. The number of Topliss-reactive ketones (excluding diaryl/α,β-unsaturated/α-hetero) is 3. The van der Waals surface area contributed by atoms with Crippen LogP contribution in [0.5, 0.6) is 5.75 Å². The molecule has 0 aliphatic carbocycles. The van der Waals surface area contributed by atoms with Crippen molar-refractivity contribution in [1.82, 2.24) is 16.0 Å². The van der Waals surface area contributed by atoms with Crippen LogP contribution < -0.4 is 38.9 Å². The van der Waals surface area contributed by atoms with Crippen molar-refractivity contribution in [2.24, 2.45) is 58.4 Å². The zero-order valence-corrected chi connectivity index (χ0v) is 36.8. The van der Waals surface area contributed by atoms with E-state index in [2.05, 4.69) is 16.0 Å². The van der Waals surface area contributed by atoms with Crippen LogP contribution in [-0.4, -0.2) is 82.6 Å². The molecule has 17 nitrogen and oxygen atoms in total. The predicted octanol–water partition coefficient (Wildman–Crippen LogP) is 2.01. The third kappa shape index (κ3) is 21.8. The van der Waals surface area contributed by atoms with Gasteiger partial charge in [-0.25, -0.2) is 0 Å². The second-order valence-electron chi connectivity index (χ2n) is 17.2. The number of carbonyl (C=O) groups is 9. The molecule has 0 radical (unpaired) electrons. The van der Waals surface area contributed by atoms with Crippen molar-refractivity contribution < 1.29 is 48.3 Å². The Hall–Kier alpha value is -5.19. The van der Waals surface area contributed by atoms with Crippen LogP contribution in [0, 0.1) is 35.5 Å². The number of amides is 6. The van der Waals surface area contributed by atoms with Crippen molar-refractivity contribution in [3.63, 3.8) is 0 Å². The molecule has 0 saturated carbocycles. The zero-order valence-electron chi connectivity index (χ0n) is 36.8. The van der Waals surface area contributed by atoms with Gasteiger partial charge in [0.2, 0.25) is 35.4 Å². The summed E-state index contributed by atoms with van der Waals surface area (Å²) in [6.07, 6.45) is 0.905. The van der Waals surface area contributed by atoms with Gasteiger partial charge in [-0.1, -0.05) is 53.2 Å². The fraction of sp³-hybridized carbons (Fsp3) is 0.659. The number of benzene rings is 1. The van der Waals surface area contributed by atoms with Crippen LogP contribution in [0.1, 0.15) is 124 Å². The van der Waals surface area contributed by atoms with E-state index in [-0.39, 0.29) is 74.7 Å². The van der Waals surface area contributed by atoms with Gasteiger partial charge >= 0.3 is 0 Å². The van der Waals surface area contributed by atoms with Gasteiger partial charge < -0.3 is 44.0 Å². The zero-order chi connectivity index (χ0) is 46.4. The molecule has 0 spiro atoms. The molecule has 1 aromatic rings. The van der Waals surface area contributed by atoms with E-state index in [1.807, 2.05) is 27.7 Å². The first-order valence-electron chi connectivity index (χ1n) is 21.4. The molecular formula is C44H71N7O10. The average Bonchev–Trinajstić information content (AvgIpc) is 3.17. The molecule has 1 aromatic carbocycles. The van der Waals surface area contributed by atoms with Crippen molar-refractivity contribution in [1.29, 1.82) is 0 Å². The number of primary amides is 3. The number of hydrogen-bond acceptors (Lipinski definition) is 11. The molecule has 0 aromatic heterocycles. The van der Waals surface area contributed by atoms with E-state index in [0.717, 1.165) is 0 Å². The van der Waals surface area contributed by atoms with Crippen molar-refractivity contribution >= 4 is 52.8 Å². The van der Waals surface area contributed by atoms with Gasteiger partial charge in [-0.3, -0.25) is 43.2 Å². The predicted molar refractivity (Wildman–Crippen MR) is 230 cm³/mol. The molecule has 1 rings (SSSR count). The molecule has 0 heterocycles. The van der Waals surface area contributed by atoms with E-state index in [1.54, 1.807) is 19.1 Å². The topological polar surface area (TPSA) is 314 Å². The van der Waals surface area contributed by atoms with Gasteiger partial charge in [0.25, 0.3) is 0 Å². The van der Waals surface area contributed by atoms with E-state index in [9.17, 15) is 48.3 Å². The Morgan fingerprint density at radius 1 is 0.574 bits per heavy atom. The van der Waals surface area contributed by atoms with Gasteiger partial charge in [-0.15, -0.1) is 0 Å². The Labute approximate surface area is 360 Å².